The van der Waals surface area contributed by atoms with E-state index in [0.29, 0.717) is 0 Å². The molecule has 0 aliphatic carbocycles. The van der Waals surface area contributed by atoms with Gasteiger partial charge < -0.3 is 14.2 Å². The van der Waals surface area contributed by atoms with Gasteiger partial charge in [0.1, 0.15) is 11.7 Å². The molecule has 0 amide bonds. The van der Waals surface area contributed by atoms with Gasteiger partial charge in [0.2, 0.25) is 0 Å². The summed E-state index contributed by atoms with van der Waals surface area (Å²) in [4.78, 5) is 0. The molecule has 1 aliphatic heterocycles. The molecule has 15 heavy (non-hydrogen) atoms. The van der Waals surface area contributed by atoms with Crippen LogP contribution >= 0.6 is 0 Å². The minimum Gasteiger partial charge on any atom is -0.376 e. The van der Waals surface area contributed by atoms with Gasteiger partial charge in [0.25, 0.3) is 0 Å². The van der Waals surface area contributed by atoms with Crippen molar-refractivity contribution in [2.45, 2.75) is 45.2 Å². The molecule has 0 saturated carbocycles. The first-order chi connectivity index (χ1) is 7.15. The van der Waals surface area contributed by atoms with Crippen molar-refractivity contribution in [3.63, 3.8) is 0 Å². The summed E-state index contributed by atoms with van der Waals surface area (Å²) < 4.78 is 16.6. The van der Waals surface area contributed by atoms with Crippen LogP contribution in [-0.4, -0.2) is 32.2 Å². The maximum atomic E-state index is 5.88. The lowest BCUT2D eigenvalue weighted by Crippen LogP contribution is -2.35. The molecular weight excluding hydrogens is 192 g/mol. The zero-order chi connectivity index (χ0) is 11.5. The highest BCUT2D eigenvalue weighted by molar-refractivity contribution is 5.19. The van der Waals surface area contributed by atoms with Gasteiger partial charge in [-0.15, -0.1) is 5.92 Å². The molecule has 1 saturated heterocycles. The van der Waals surface area contributed by atoms with Gasteiger partial charge in [-0.25, -0.2) is 0 Å². The van der Waals surface area contributed by atoms with Gasteiger partial charge in [0, 0.05) is 20.1 Å². The van der Waals surface area contributed by atoms with E-state index >= 15 is 0 Å². The standard InChI is InChI=1S/C12H20O3/c1-6-8-12(7-2)9(3)10(13-4)11(14-5)15-12/h9-11H,7H2,1-5H3/t9?,10?,11?,12-/m0/s1. The Kier molecular flexibility index (Phi) is 4.15. The normalized spacial score (nSPS) is 39.9. The van der Waals surface area contributed by atoms with Crippen molar-refractivity contribution in [1.29, 1.82) is 0 Å². The number of rotatable bonds is 3. The second-order valence-electron chi connectivity index (χ2n) is 3.83. The summed E-state index contributed by atoms with van der Waals surface area (Å²) in [6.07, 6.45) is 0.482. The number of hydrogen-bond acceptors (Lipinski definition) is 3. The number of ether oxygens (including phenoxy) is 3. The lowest BCUT2D eigenvalue weighted by molar-refractivity contribution is -0.168. The van der Waals surface area contributed by atoms with Crippen molar-refractivity contribution >= 4 is 0 Å². The Hall–Kier alpha value is -0.560. The van der Waals surface area contributed by atoms with E-state index < -0.39 is 5.60 Å². The summed E-state index contributed by atoms with van der Waals surface area (Å²) >= 11 is 0. The summed E-state index contributed by atoms with van der Waals surface area (Å²) in [5.74, 6) is 6.30. The Bertz CT molecular complexity index is 266. The highest BCUT2D eigenvalue weighted by atomic mass is 16.7. The van der Waals surface area contributed by atoms with Crippen LogP contribution in [0.1, 0.15) is 27.2 Å². The summed E-state index contributed by atoms with van der Waals surface area (Å²) in [7, 11) is 3.32. The Morgan fingerprint density at radius 1 is 1.33 bits per heavy atom. The fraction of sp³-hybridized carbons (Fsp3) is 0.833. The predicted molar refractivity (Wildman–Crippen MR) is 58.3 cm³/mol. The highest BCUT2D eigenvalue weighted by Gasteiger charge is 2.51. The van der Waals surface area contributed by atoms with Crippen LogP contribution in [-0.2, 0) is 14.2 Å². The van der Waals surface area contributed by atoms with Crippen molar-refractivity contribution < 1.29 is 14.2 Å². The Morgan fingerprint density at radius 3 is 2.33 bits per heavy atom. The van der Waals surface area contributed by atoms with Crippen molar-refractivity contribution in [2.75, 3.05) is 14.2 Å². The average molecular weight is 212 g/mol. The van der Waals surface area contributed by atoms with Gasteiger partial charge in [-0.3, -0.25) is 0 Å². The molecular formula is C12H20O3. The zero-order valence-corrected chi connectivity index (χ0v) is 10.2. The Balaban J connectivity index is 2.96. The van der Waals surface area contributed by atoms with E-state index in [4.69, 9.17) is 14.2 Å². The van der Waals surface area contributed by atoms with Gasteiger partial charge >= 0.3 is 0 Å². The van der Waals surface area contributed by atoms with Crippen LogP contribution in [0.15, 0.2) is 0 Å². The molecule has 0 bridgehead atoms. The second-order valence-corrected chi connectivity index (χ2v) is 3.83. The van der Waals surface area contributed by atoms with E-state index in [0.717, 1.165) is 6.42 Å². The van der Waals surface area contributed by atoms with Crippen LogP contribution in [0, 0.1) is 17.8 Å². The summed E-state index contributed by atoms with van der Waals surface area (Å²) in [5.41, 5.74) is -0.421. The first kappa shape index (κ1) is 12.5. The van der Waals surface area contributed by atoms with Crippen LogP contribution in [0.3, 0.4) is 0 Å². The zero-order valence-electron chi connectivity index (χ0n) is 10.2. The maximum Gasteiger partial charge on any atom is 0.185 e. The molecule has 0 N–H and O–H groups in total. The van der Waals surface area contributed by atoms with E-state index in [9.17, 15) is 0 Å². The summed E-state index contributed by atoms with van der Waals surface area (Å²) in [6.45, 7) is 6.00. The van der Waals surface area contributed by atoms with Gasteiger partial charge in [-0.1, -0.05) is 19.8 Å². The smallest absolute Gasteiger partial charge is 0.185 e. The maximum absolute atomic E-state index is 5.88. The minimum absolute atomic E-state index is 0.0456. The topological polar surface area (TPSA) is 27.7 Å². The van der Waals surface area contributed by atoms with Crippen molar-refractivity contribution in [3.05, 3.63) is 0 Å². The van der Waals surface area contributed by atoms with Gasteiger partial charge in [-0.05, 0) is 13.3 Å². The molecule has 0 radical (unpaired) electrons. The molecule has 86 valence electrons. The molecule has 3 nitrogen and oxygen atoms in total. The molecule has 0 aromatic heterocycles. The Labute approximate surface area is 92.1 Å². The first-order valence-electron chi connectivity index (χ1n) is 5.32. The predicted octanol–water partition coefficient (Wildman–Crippen LogP) is 1.81. The van der Waals surface area contributed by atoms with Crippen LogP contribution in [0.2, 0.25) is 0 Å². The van der Waals surface area contributed by atoms with Crippen molar-refractivity contribution in [2.24, 2.45) is 5.92 Å². The van der Waals surface area contributed by atoms with E-state index in [1.807, 2.05) is 6.92 Å². The molecule has 1 heterocycles. The fourth-order valence-corrected chi connectivity index (χ4v) is 2.23. The third-order valence-corrected chi connectivity index (χ3v) is 3.19. The molecule has 1 fully saturated rings. The lowest BCUT2D eigenvalue weighted by Gasteiger charge is -2.26. The monoisotopic (exact) mass is 212 g/mol. The quantitative estimate of drug-likeness (QED) is 0.668. The highest BCUT2D eigenvalue weighted by Crippen LogP contribution is 2.39. The van der Waals surface area contributed by atoms with Gasteiger partial charge in [-0.2, -0.15) is 0 Å². The summed E-state index contributed by atoms with van der Waals surface area (Å²) in [6, 6.07) is 0. The van der Waals surface area contributed by atoms with Crippen LogP contribution in [0.5, 0.6) is 0 Å². The molecule has 3 unspecified atom stereocenters. The van der Waals surface area contributed by atoms with E-state index in [-0.39, 0.29) is 18.3 Å². The second kappa shape index (κ2) is 4.98. The summed E-state index contributed by atoms with van der Waals surface area (Å²) in [5, 5.41) is 0. The van der Waals surface area contributed by atoms with Gasteiger partial charge in [0.15, 0.2) is 6.29 Å². The largest absolute Gasteiger partial charge is 0.376 e. The third-order valence-electron chi connectivity index (χ3n) is 3.19. The number of methoxy groups -OCH3 is 2. The minimum atomic E-state index is -0.421. The lowest BCUT2D eigenvalue weighted by atomic mass is 9.85. The van der Waals surface area contributed by atoms with Crippen LogP contribution in [0.4, 0.5) is 0 Å². The SMILES string of the molecule is CC#C[C@]1(CC)OC(OC)C(OC)C1C. The molecule has 3 heteroatoms. The molecule has 0 spiro atoms. The van der Waals surface area contributed by atoms with Crippen LogP contribution in [0.25, 0.3) is 0 Å². The first-order valence-corrected chi connectivity index (χ1v) is 5.32. The van der Waals surface area contributed by atoms with Gasteiger partial charge in [0.05, 0.1) is 0 Å². The van der Waals surface area contributed by atoms with Crippen molar-refractivity contribution in [1.82, 2.24) is 0 Å². The molecule has 1 aliphatic rings. The molecule has 0 aromatic rings. The molecule has 0 aromatic carbocycles. The van der Waals surface area contributed by atoms with E-state index in [1.54, 1.807) is 14.2 Å². The van der Waals surface area contributed by atoms with E-state index in [1.165, 1.54) is 0 Å². The fourth-order valence-electron chi connectivity index (χ4n) is 2.23. The molecule has 4 atom stereocenters. The average Bonchev–Trinajstić information content (AvgIpc) is 2.53. The Morgan fingerprint density at radius 2 is 2.00 bits per heavy atom. The third kappa shape index (κ3) is 2.03. The van der Waals surface area contributed by atoms with Crippen LogP contribution < -0.4 is 0 Å². The molecule has 1 rings (SSSR count). The van der Waals surface area contributed by atoms with Crippen molar-refractivity contribution in [3.8, 4) is 11.8 Å². The van der Waals surface area contributed by atoms with E-state index in [2.05, 4.69) is 25.7 Å². The number of hydrogen-bond donors (Lipinski definition) is 0.